The maximum atomic E-state index is 11.4. The number of aliphatic imine (C=N–C) groups is 1. The standard InChI is InChI=1S/C18H30N4O2S.HI/c1-14-5-3-6-15(11-14)9-10-21-18(20-2)22-13-16-7-4-8-17(12-16)25(19,23)24;/h4,7-8,12,14-15H,3,5-6,9-11,13H2,1-2H3,(H2,19,23,24)(H2,20,21,22);1H. The second-order valence-corrected chi connectivity index (χ2v) is 8.53. The zero-order valence-corrected chi connectivity index (χ0v) is 18.7. The highest BCUT2D eigenvalue weighted by atomic mass is 127. The Morgan fingerprint density at radius 3 is 2.73 bits per heavy atom. The van der Waals surface area contributed by atoms with Gasteiger partial charge in [-0.3, -0.25) is 4.99 Å². The predicted octanol–water partition coefficient (Wildman–Crippen LogP) is 2.83. The molecule has 1 saturated carbocycles. The van der Waals surface area contributed by atoms with Crippen LogP contribution in [0.4, 0.5) is 0 Å². The van der Waals surface area contributed by atoms with Crippen LogP contribution in [0.5, 0.6) is 0 Å². The van der Waals surface area contributed by atoms with Gasteiger partial charge in [0.25, 0.3) is 0 Å². The van der Waals surface area contributed by atoms with Crippen LogP contribution in [-0.4, -0.2) is 28.0 Å². The summed E-state index contributed by atoms with van der Waals surface area (Å²) >= 11 is 0. The minimum Gasteiger partial charge on any atom is -0.356 e. The van der Waals surface area contributed by atoms with Crippen LogP contribution in [0, 0.1) is 11.8 Å². The summed E-state index contributed by atoms with van der Waals surface area (Å²) in [6.45, 7) is 3.73. The predicted molar refractivity (Wildman–Crippen MR) is 117 cm³/mol. The van der Waals surface area contributed by atoms with Crippen molar-refractivity contribution < 1.29 is 8.42 Å². The molecule has 8 heteroatoms. The van der Waals surface area contributed by atoms with E-state index in [9.17, 15) is 8.42 Å². The third-order valence-electron chi connectivity index (χ3n) is 4.80. The highest BCUT2D eigenvalue weighted by molar-refractivity contribution is 14.0. The number of halogens is 1. The lowest BCUT2D eigenvalue weighted by atomic mass is 9.81. The van der Waals surface area contributed by atoms with Gasteiger partial charge >= 0.3 is 0 Å². The lowest BCUT2D eigenvalue weighted by Gasteiger charge is -2.26. The summed E-state index contributed by atoms with van der Waals surface area (Å²) in [6.07, 6.45) is 6.53. The monoisotopic (exact) mass is 494 g/mol. The van der Waals surface area contributed by atoms with Crippen LogP contribution in [0.25, 0.3) is 0 Å². The smallest absolute Gasteiger partial charge is 0.238 e. The Kier molecular flexibility index (Phi) is 9.88. The van der Waals surface area contributed by atoms with E-state index in [1.165, 1.54) is 31.7 Å². The summed E-state index contributed by atoms with van der Waals surface area (Å²) in [6, 6.07) is 6.63. The zero-order valence-electron chi connectivity index (χ0n) is 15.6. The molecular weight excluding hydrogens is 463 g/mol. The third-order valence-corrected chi connectivity index (χ3v) is 5.71. The molecule has 2 rings (SSSR count). The minimum absolute atomic E-state index is 0. The van der Waals surface area contributed by atoms with Crippen molar-refractivity contribution in [3.63, 3.8) is 0 Å². The second kappa shape index (κ2) is 11.1. The summed E-state index contributed by atoms with van der Waals surface area (Å²) in [5.74, 6) is 2.38. The van der Waals surface area contributed by atoms with E-state index in [2.05, 4.69) is 22.5 Å². The summed E-state index contributed by atoms with van der Waals surface area (Å²) in [5, 5.41) is 11.7. The van der Waals surface area contributed by atoms with Crippen molar-refractivity contribution in [3.8, 4) is 0 Å². The number of nitrogens with zero attached hydrogens (tertiary/aromatic N) is 1. The first-order valence-corrected chi connectivity index (χ1v) is 10.5. The fraction of sp³-hybridized carbons (Fsp3) is 0.611. The van der Waals surface area contributed by atoms with Gasteiger partial charge in [-0.05, 0) is 42.4 Å². The topological polar surface area (TPSA) is 96.6 Å². The van der Waals surface area contributed by atoms with Gasteiger partial charge in [0.15, 0.2) is 5.96 Å². The normalized spacial score (nSPS) is 21.0. The largest absolute Gasteiger partial charge is 0.356 e. The zero-order chi connectivity index (χ0) is 18.3. The van der Waals surface area contributed by atoms with Crippen LogP contribution < -0.4 is 15.8 Å². The molecule has 6 nitrogen and oxygen atoms in total. The average Bonchev–Trinajstić information content (AvgIpc) is 2.57. The Hall–Kier alpha value is -0.870. The first-order chi connectivity index (χ1) is 11.9. The van der Waals surface area contributed by atoms with Crippen LogP contribution in [0.3, 0.4) is 0 Å². The molecule has 2 unspecified atom stereocenters. The van der Waals surface area contributed by atoms with Crippen LogP contribution >= 0.6 is 24.0 Å². The molecule has 0 aliphatic heterocycles. The molecule has 1 aliphatic rings. The molecule has 0 heterocycles. The Labute approximate surface area is 174 Å². The first-order valence-electron chi connectivity index (χ1n) is 8.94. The Morgan fingerprint density at radius 1 is 1.31 bits per heavy atom. The fourth-order valence-electron chi connectivity index (χ4n) is 3.46. The highest BCUT2D eigenvalue weighted by Crippen LogP contribution is 2.30. The van der Waals surface area contributed by atoms with Crippen molar-refractivity contribution in [1.29, 1.82) is 0 Å². The fourth-order valence-corrected chi connectivity index (χ4v) is 4.04. The molecule has 1 aromatic carbocycles. The molecule has 1 fully saturated rings. The van der Waals surface area contributed by atoms with Crippen LogP contribution in [0.2, 0.25) is 0 Å². The Morgan fingerprint density at radius 2 is 2.08 bits per heavy atom. The van der Waals surface area contributed by atoms with E-state index in [1.54, 1.807) is 19.2 Å². The molecule has 0 aromatic heterocycles. The maximum absolute atomic E-state index is 11.4. The molecular formula is C18H31IN4O2S. The third kappa shape index (κ3) is 7.79. The number of rotatable bonds is 6. The van der Waals surface area contributed by atoms with Crippen molar-refractivity contribution in [1.82, 2.24) is 10.6 Å². The number of nitrogens with one attached hydrogen (secondary N) is 2. The summed E-state index contributed by atoms with van der Waals surface area (Å²) in [7, 11) is -1.94. The number of hydrogen-bond donors (Lipinski definition) is 3. The van der Waals surface area contributed by atoms with E-state index in [1.807, 2.05) is 6.07 Å². The number of primary sulfonamides is 1. The van der Waals surface area contributed by atoms with Crippen molar-refractivity contribution in [2.24, 2.45) is 22.0 Å². The maximum Gasteiger partial charge on any atom is 0.238 e. The lowest BCUT2D eigenvalue weighted by molar-refractivity contribution is 0.270. The van der Waals surface area contributed by atoms with Gasteiger partial charge in [0.05, 0.1) is 4.90 Å². The Bertz CT molecular complexity index is 694. The molecule has 0 saturated heterocycles. The van der Waals surface area contributed by atoms with Gasteiger partial charge in [-0.15, -0.1) is 24.0 Å². The van der Waals surface area contributed by atoms with E-state index in [4.69, 9.17) is 5.14 Å². The van der Waals surface area contributed by atoms with Crippen LogP contribution in [0.1, 0.15) is 44.6 Å². The number of sulfonamides is 1. The molecule has 148 valence electrons. The molecule has 1 aromatic rings. The van der Waals surface area contributed by atoms with Gasteiger partial charge in [-0.1, -0.05) is 38.3 Å². The van der Waals surface area contributed by atoms with Gasteiger partial charge in [0.1, 0.15) is 0 Å². The molecule has 0 radical (unpaired) electrons. The molecule has 0 amide bonds. The molecule has 0 spiro atoms. The molecule has 1 aliphatic carbocycles. The molecule has 2 atom stereocenters. The van der Waals surface area contributed by atoms with E-state index < -0.39 is 10.0 Å². The van der Waals surface area contributed by atoms with Crippen molar-refractivity contribution in [2.45, 2.75) is 50.5 Å². The van der Waals surface area contributed by atoms with Crippen molar-refractivity contribution >= 4 is 40.0 Å². The lowest BCUT2D eigenvalue weighted by Crippen LogP contribution is -2.38. The van der Waals surface area contributed by atoms with E-state index in [-0.39, 0.29) is 28.9 Å². The molecule has 0 bridgehead atoms. The van der Waals surface area contributed by atoms with E-state index >= 15 is 0 Å². The van der Waals surface area contributed by atoms with Gasteiger partial charge in [0, 0.05) is 20.1 Å². The summed E-state index contributed by atoms with van der Waals surface area (Å²) in [4.78, 5) is 4.35. The van der Waals surface area contributed by atoms with Crippen molar-refractivity contribution in [3.05, 3.63) is 29.8 Å². The quantitative estimate of drug-likeness (QED) is 0.322. The van der Waals surface area contributed by atoms with Gasteiger partial charge in [-0.2, -0.15) is 0 Å². The SMILES string of the molecule is CN=C(NCCC1CCCC(C)C1)NCc1cccc(S(N)(=O)=O)c1.I. The molecule has 26 heavy (non-hydrogen) atoms. The van der Waals surface area contributed by atoms with Crippen LogP contribution in [-0.2, 0) is 16.6 Å². The number of hydrogen-bond acceptors (Lipinski definition) is 3. The van der Waals surface area contributed by atoms with Crippen molar-refractivity contribution in [2.75, 3.05) is 13.6 Å². The Balaban J connectivity index is 0.00000338. The van der Waals surface area contributed by atoms with Gasteiger partial charge in [-0.25, -0.2) is 13.6 Å². The van der Waals surface area contributed by atoms with E-state index in [0.717, 1.165) is 36.3 Å². The van der Waals surface area contributed by atoms with Gasteiger partial charge < -0.3 is 10.6 Å². The number of nitrogens with two attached hydrogens (primary N) is 1. The first kappa shape index (κ1) is 23.2. The van der Waals surface area contributed by atoms with E-state index in [0.29, 0.717) is 6.54 Å². The number of guanidine groups is 1. The highest BCUT2D eigenvalue weighted by Gasteiger charge is 2.18. The van der Waals surface area contributed by atoms with Gasteiger partial charge in [0.2, 0.25) is 10.0 Å². The second-order valence-electron chi connectivity index (χ2n) is 6.97. The molecule has 4 N–H and O–H groups in total. The summed E-state index contributed by atoms with van der Waals surface area (Å²) in [5.41, 5.74) is 0.843. The number of benzene rings is 1. The van der Waals surface area contributed by atoms with Crippen LogP contribution in [0.15, 0.2) is 34.2 Å². The average molecular weight is 494 g/mol. The summed E-state index contributed by atoms with van der Waals surface area (Å²) < 4.78 is 22.8. The minimum atomic E-state index is -3.67.